The normalized spacial score (nSPS) is 16.7. The Morgan fingerprint density at radius 2 is 2.11 bits per heavy atom. The van der Waals surface area contributed by atoms with Gasteiger partial charge < -0.3 is 14.8 Å². The standard InChI is InChI=1S/C12H13NO5/c14-9-3-2-8(6-18-9)10(15)13-7-12(11(16)17)4-1-5-12/h2-3,6H,1,4-5,7H2,(H,13,15)(H,16,17). The molecule has 0 atom stereocenters. The zero-order valence-corrected chi connectivity index (χ0v) is 9.64. The molecule has 1 heterocycles. The molecule has 1 fully saturated rings. The van der Waals surface area contributed by atoms with Crippen LogP contribution in [0.4, 0.5) is 0 Å². The summed E-state index contributed by atoms with van der Waals surface area (Å²) in [6, 6.07) is 2.49. The highest BCUT2D eigenvalue weighted by molar-refractivity contribution is 5.94. The maximum Gasteiger partial charge on any atom is 0.335 e. The average molecular weight is 251 g/mol. The SMILES string of the molecule is O=C(NCC1(C(=O)O)CCC1)c1ccc(=O)oc1. The molecule has 1 aliphatic rings. The van der Waals surface area contributed by atoms with Gasteiger partial charge >= 0.3 is 11.6 Å². The van der Waals surface area contributed by atoms with Gasteiger partial charge in [-0.2, -0.15) is 0 Å². The summed E-state index contributed by atoms with van der Waals surface area (Å²) in [5, 5.41) is 11.7. The summed E-state index contributed by atoms with van der Waals surface area (Å²) in [7, 11) is 0. The van der Waals surface area contributed by atoms with Crippen molar-refractivity contribution in [3.63, 3.8) is 0 Å². The van der Waals surface area contributed by atoms with Gasteiger partial charge in [-0.25, -0.2) is 4.79 Å². The van der Waals surface area contributed by atoms with E-state index < -0.39 is 22.9 Å². The van der Waals surface area contributed by atoms with Crippen molar-refractivity contribution in [2.24, 2.45) is 5.41 Å². The molecule has 2 rings (SSSR count). The van der Waals surface area contributed by atoms with Crippen molar-refractivity contribution in [2.75, 3.05) is 6.54 Å². The topological polar surface area (TPSA) is 96.6 Å². The van der Waals surface area contributed by atoms with E-state index in [9.17, 15) is 14.4 Å². The van der Waals surface area contributed by atoms with Gasteiger partial charge in [-0.15, -0.1) is 0 Å². The monoisotopic (exact) mass is 251 g/mol. The van der Waals surface area contributed by atoms with Gasteiger partial charge in [-0.1, -0.05) is 6.42 Å². The number of carboxylic acid groups (broad SMARTS) is 1. The van der Waals surface area contributed by atoms with E-state index in [0.717, 1.165) is 18.8 Å². The third-order valence-electron chi connectivity index (χ3n) is 3.31. The van der Waals surface area contributed by atoms with Gasteiger partial charge in [0.15, 0.2) is 0 Å². The lowest BCUT2D eigenvalue weighted by molar-refractivity contribution is -0.153. The number of rotatable bonds is 4. The van der Waals surface area contributed by atoms with Crippen LogP contribution in [-0.2, 0) is 4.79 Å². The smallest absolute Gasteiger partial charge is 0.335 e. The summed E-state index contributed by atoms with van der Waals surface area (Å²) >= 11 is 0. The van der Waals surface area contributed by atoms with E-state index in [1.807, 2.05) is 0 Å². The molecular formula is C12H13NO5. The molecule has 0 saturated heterocycles. The zero-order chi connectivity index (χ0) is 13.2. The van der Waals surface area contributed by atoms with Crippen molar-refractivity contribution < 1.29 is 19.1 Å². The van der Waals surface area contributed by atoms with Crippen LogP contribution < -0.4 is 10.9 Å². The average Bonchev–Trinajstić information content (AvgIpc) is 2.27. The van der Waals surface area contributed by atoms with E-state index in [-0.39, 0.29) is 12.1 Å². The molecular weight excluding hydrogens is 238 g/mol. The molecule has 0 unspecified atom stereocenters. The van der Waals surface area contributed by atoms with Crippen LogP contribution in [0.15, 0.2) is 27.6 Å². The number of carboxylic acids is 1. The molecule has 6 heteroatoms. The lowest BCUT2D eigenvalue weighted by Crippen LogP contribution is -2.47. The number of carbonyl (C=O) groups excluding carboxylic acids is 1. The van der Waals surface area contributed by atoms with Crippen molar-refractivity contribution >= 4 is 11.9 Å². The summed E-state index contributed by atoms with van der Waals surface area (Å²) < 4.78 is 4.57. The van der Waals surface area contributed by atoms with E-state index in [0.29, 0.717) is 12.8 Å². The summed E-state index contributed by atoms with van der Waals surface area (Å²) in [6.07, 6.45) is 3.08. The molecule has 0 radical (unpaired) electrons. The van der Waals surface area contributed by atoms with Gasteiger partial charge in [0.25, 0.3) is 5.91 Å². The number of nitrogens with one attached hydrogen (secondary N) is 1. The van der Waals surface area contributed by atoms with Crippen LogP contribution in [0.5, 0.6) is 0 Å². The number of carbonyl (C=O) groups is 2. The Kier molecular flexibility index (Phi) is 3.18. The van der Waals surface area contributed by atoms with Crippen molar-refractivity contribution in [3.8, 4) is 0 Å². The molecule has 18 heavy (non-hydrogen) atoms. The van der Waals surface area contributed by atoms with Gasteiger partial charge in [0.05, 0.1) is 11.0 Å². The Morgan fingerprint density at radius 3 is 2.56 bits per heavy atom. The minimum atomic E-state index is -0.881. The number of hydrogen-bond acceptors (Lipinski definition) is 4. The van der Waals surface area contributed by atoms with Crippen molar-refractivity contribution in [2.45, 2.75) is 19.3 Å². The van der Waals surface area contributed by atoms with Crippen molar-refractivity contribution in [3.05, 3.63) is 34.4 Å². The number of aliphatic carboxylic acids is 1. The minimum Gasteiger partial charge on any atom is -0.481 e. The van der Waals surface area contributed by atoms with E-state index in [4.69, 9.17) is 5.11 Å². The summed E-state index contributed by atoms with van der Waals surface area (Å²) in [4.78, 5) is 33.5. The van der Waals surface area contributed by atoms with E-state index in [1.54, 1.807) is 0 Å². The fourth-order valence-corrected chi connectivity index (χ4v) is 1.91. The molecule has 96 valence electrons. The molecule has 0 aliphatic heterocycles. The summed E-state index contributed by atoms with van der Waals surface area (Å²) in [6.45, 7) is 0.0975. The lowest BCUT2D eigenvalue weighted by Gasteiger charge is -2.37. The largest absolute Gasteiger partial charge is 0.481 e. The molecule has 1 aromatic heterocycles. The van der Waals surface area contributed by atoms with Gasteiger partial charge in [0, 0.05) is 12.6 Å². The first-order valence-electron chi connectivity index (χ1n) is 5.64. The van der Waals surface area contributed by atoms with Crippen LogP contribution >= 0.6 is 0 Å². The molecule has 6 nitrogen and oxygen atoms in total. The van der Waals surface area contributed by atoms with Gasteiger partial charge in [0.1, 0.15) is 6.26 Å². The fourth-order valence-electron chi connectivity index (χ4n) is 1.91. The van der Waals surface area contributed by atoms with E-state index in [2.05, 4.69) is 9.73 Å². The maximum atomic E-state index is 11.7. The van der Waals surface area contributed by atoms with E-state index in [1.165, 1.54) is 6.07 Å². The number of amides is 1. The zero-order valence-electron chi connectivity index (χ0n) is 9.64. The van der Waals surface area contributed by atoms with Crippen LogP contribution in [0.1, 0.15) is 29.6 Å². The second kappa shape index (κ2) is 4.64. The van der Waals surface area contributed by atoms with E-state index >= 15 is 0 Å². The van der Waals surface area contributed by atoms with Crippen LogP contribution in [0.3, 0.4) is 0 Å². The van der Waals surface area contributed by atoms with Crippen LogP contribution in [0.2, 0.25) is 0 Å². The van der Waals surface area contributed by atoms with Gasteiger partial charge in [0.2, 0.25) is 0 Å². The molecule has 1 aromatic rings. The third-order valence-corrected chi connectivity index (χ3v) is 3.31. The Labute approximate surface area is 103 Å². The quantitative estimate of drug-likeness (QED) is 0.817. The molecule has 1 aliphatic carbocycles. The Bertz CT molecular complexity index is 509. The highest BCUT2D eigenvalue weighted by atomic mass is 16.4. The molecule has 0 bridgehead atoms. The maximum absolute atomic E-state index is 11.7. The first-order chi connectivity index (χ1) is 8.53. The number of hydrogen-bond donors (Lipinski definition) is 2. The first-order valence-corrected chi connectivity index (χ1v) is 5.64. The van der Waals surface area contributed by atoms with Crippen LogP contribution in [0, 0.1) is 5.41 Å². The second-order valence-corrected chi connectivity index (χ2v) is 4.47. The Morgan fingerprint density at radius 1 is 1.39 bits per heavy atom. The predicted molar refractivity (Wildman–Crippen MR) is 61.2 cm³/mol. The highest BCUT2D eigenvalue weighted by Crippen LogP contribution is 2.40. The second-order valence-electron chi connectivity index (χ2n) is 4.47. The molecule has 0 spiro atoms. The minimum absolute atomic E-state index is 0.0975. The predicted octanol–water partition coefficient (Wildman–Crippen LogP) is 0.624. The first kappa shape index (κ1) is 12.3. The van der Waals surface area contributed by atoms with Gasteiger partial charge in [-0.3, -0.25) is 9.59 Å². The van der Waals surface area contributed by atoms with Crippen LogP contribution in [0.25, 0.3) is 0 Å². The molecule has 1 amide bonds. The third kappa shape index (κ3) is 2.27. The molecule has 0 aromatic carbocycles. The Balaban J connectivity index is 1.98. The molecule has 2 N–H and O–H groups in total. The van der Waals surface area contributed by atoms with Gasteiger partial charge in [-0.05, 0) is 18.9 Å². The van der Waals surface area contributed by atoms with Crippen LogP contribution in [-0.4, -0.2) is 23.5 Å². The van der Waals surface area contributed by atoms with Crippen molar-refractivity contribution in [1.29, 1.82) is 0 Å². The molecule has 1 saturated carbocycles. The highest BCUT2D eigenvalue weighted by Gasteiger charge is 2.44. The lowest BCUT2D eigenvalue weighted by atomic mass is 9.69. The summed E-state index contributed by atoms with van der Waals surface area (Å²) in [5.74, 6) is -1.32. The van der Waals surface area contributed by atoms with Crippen molar-refractivity contribution in [1.82, 2.24) is 5.32 Å². The Hall–Kier alpha value is -2.11. The summed E-state index contributed by atoms with van der Waals surface area (Å²) in [5.41, 5.74) is -1.16. The fraction of sp³-hybridized carbons (Fsp3) is 0.417.